The molecule has 1 unspecified atom stereocenters. The third kappa shape index (κ3) is 1.61. The summed E-state index contributed by atoms with van der Waals surface area (Å²) >= 11 is 0. The summed E-state index contributed by atoms with van der Waals surface area (Å²) in [6, 6.07) is 0. The van der Waals surface area contributed by atoms with E-state index in [9.17, 15) is 10.1 Å². The molecule has 68 valence electrons. The molecule has 0 aromatic heterocycles. The molecule has 0 saturated carbocycles. The quantitative estimate of drug-likeness (QED) is 0.249. The van der Waals surface area contributed by atoms with Crippen LogP contribution in [0.25, 0.3) is 5.53 Å². The zero-order valence-corrected chi connectivity index (χ0v) is 6.28. The summed E-state index contributed by atoms with van der Waals surface area (Å²) in [5.41, 5.74) is 7.43. The van der Waals surface area contributed by atoms with E-state index in [1.54, 1.807) is 0 Å². The average Bonchev–Trinajstić information content (AvgIpc) is 2.03. The number of hydrogen-bond acceptors (Lipinski definition) is 4. The Morgan fingerprint density at radius 3 is 2.69 bits per heavy atom. The Hall–Kier alpha value is -1.98. The van der Waals surface area contributed by atoms with Crippen molar-refractivity contribution in [2.75, 3.05) is 0 Å². The normalized spacial score (nSPS) is 21.6. The van der Waals surface area contributed by atoms with Crippen molar-refractivity contribution in [3.63, 3.8) is 0 Å². The second-order valence-corrected chi connectivity index (χ2v) is 2.31. The molecule has 0 radical (unpaired) electrons. The SMILES string of the molecule is [N-]=[N+]=C1C(O)=CC([N+](=O)[O-])=CC1O. The lowest BCUT2D eigenvalue weighted by Crippen LogP contribution is -2.26. The Bertz CT molecular complexity index is 364. The summed E-state index contributed by atoms with van der Waals surface area (Å²) in [5.74, 6) is -0.621. The molecule has 2 N–H and O–H groups in total. The van der Waals surface area contributed by atoms with Gasteiger partial charge in [0.2, 0.25) is 5.76 Å². The molecule has 7 heteroatoms. The molecule has 1 rings (SSSR count). The number of rotatable bonds is 1. The molecular weight excluding hydrogens is 178 g/mol. The van der Waals surface area contributed by atoms with Crippen LogP contribution in [0.15, 0.2) is 23.6 Å². The second kappa shape index (κ2) is 3.18. The van der Waals surface area contributed by atoms with Crippen molar-refractivity contribution in [2.24, 2.45) is 0 Å². The molecule has 0 aromatic carbocycles. The van der Waals surface area contributed by atoms with Crippen LogP contribution in [0.4, 0.5) is 0 Å². The van der Waals surface area contributed by atoms with E-state index in [1.807, 2.05) is 0 Å². The van der Waals surface area contributed by atoms with Gasteiger partial charge in [-0.25, -0.2) is 0 Å². The summed E-state index contributed by atoms with van der Waals surface area (Å²) < 4.78 is 0. The van der Waals surface area contributed by atoms with E-state index >= 15 is 0 Å². The fourth-order valence-electron chi connectivity index (χ4n) is 0.878. The van der Waals surface area contributed by atoms with E-state index in [0.717, 1.165) is 12.2 Å². The molecule has 0 amide bonds. The Morgan fingerprint density at radius 1 is 1.69 bits per heavy atom. The molecule has 0 aromatic rings. The number of allylic oxidation sites excluding steroid dienone is 1. The van der Waals surface area contributed by atoms with Crippen LogP contribution in [0.2, 0.25) is 0 Å². The van der Waals surface area contributed by atoms with Crippen LogP contribution in [-0.2, 0) is 0 Å². The fraction of sp³-hybridized carbons (Fsp3) is 0.167. The molecule has 0 heterocycles. The molecule has 1 aliphatic carbocycles. The lowest BCUT2D eigenvalue weighted by Gasteiger charge is -2.04. The first-order valence-corrected chi connectivity index (χ1v) is 3.23. The van der Waals surface area contributed by atoms with Crippen molar-refractivity contribution in [3.05, 3.63) is 39.3 Å². The van der Waals surface area contributed by atoms with Gasteiger partial charge in [-0.05, 0) is 0 Å². The van der Waals surface area contributed by atoms with E-state index in [4.69, 9.17) is 15.7 Å². The monoisotopic (exact) mass is 183 g/mol. The van der Waals surface area contributed by atoms with Gasteiger partial charge in [0.25, 0.3) is 5.70 Å². The highest BCUT2D eigenvalue weighted by Gasteiger charge is 2.32. The Morgan fingerprint density at radius 2 is 2.31 bits per heavy atom. The van der Waals surface area contributed by atoms with Crippen molar-refractivity contribution >= 4 is 5.71 Å². The second-order valence-electron chi connectivity index (χ2n) is 2.31. The predicted octanol–water partition coefficient (Wildman–Crippen LogP) is -0.366. The smallest absolute Gasteiger partial charge is 0.365 e. The Kier molecular flexibility index (Phi) is 2.23. The van der Waals surface area contributed by atoms with Gasteiger partial charge in [0.1, 0.15) is 0 Å². The highest BCUT2D eigenvalue weighted by molar-refractivity contribution is 5.99. The van der Waals surface area contributed by atoms with Gasteiger partial charge in [0, 0.05) is 6.08 Å². The van der Waals surface area contributed by atoms with Crippen LogP contribution >= 0.6 is 0 Å². The minimum atomic E-state index is -1.46. The lowest BCUT2D eigenvalue weighted by atomic mass is 10.1. The number of hydrogen-bond donors (Lipinski definition) is 2. The van der Waals surface area contributed by atoms with Gasteiger partial charge in [-0.2, -0.15) is 4.79 Å². The van der Waals surface area contributed by atoms with Gasteiger partial charge in [-0.1, -0.05) is 0 Å². The summed E-state index contributed by atoms with van der Waals surface area (Å²) in [5, 5.41) is 28.3. The molecule has 0 bridgehead atoms. The fourth-order valence-corrected chi connectivity index (χ4v) is 0.878. The van der Waals surface area contributed by atoms with Gasteiger partial charge >= 0.3 is 5.71 Å². The Labute approximate surface area is 72.0 Å². The van der Waals surface area contributed by atoms with Crippen LogP contribution in [0.1, 0.15) is 0 Å². The number of nitrogens with zero attached hydrogens (tertiary/aromatic N) is 3. The van der Waals surface area contributed by atoms with Crippen LogP contribution < -0.4 is 0 Å². The summed E-state index contributed by atoms with van der Waals surface area (Å²) in [7, 11) is 0. The standard InChI is InChI=1S/C6H5N3O4/c7-8-6-4(10)1-3(9(12)13)2-5(6)11/h1-2,4,10-11H. The number of aliphatic hydroxyl groups is 2. The van der Waals surface area contributed by atoms with Crippen LogP contribution in [-0.4, -0.2) is 31.7 Å². The highest BCUT2D eigenvalue weighted by atomic mass is 16.6. The first-order chi connectivity index (χ1) is 6.06. The average molecular weight is 183 g/mol. The topological polar surface area (TPSA) is 120 Å². The molecular formula is C6H5N3O4. The minimum Gasteiger partial charge on any atom is -0.501 e. The van der Waals surface area contributed by atoms with Gasteiger partial charge in [-0.15, -0.1) is 0 Å². The van der Waals surface area contributed by atoms with E-state index in [2.05, 4.69) is 4.79 Å². The molecule has 7 nitrogen and oxygen atoms in total. The molecule has 0 spiro atoms. The van der Waals surface area contributed by atoms with Crippen molar-refractivity contribution in [3.8, 4) is 0 Å². The van der Waals surface area contributed by atoms with Gasteiger partial charge in [0.15, 0.2) is 6.10 Å². The van der Waals surface area contributed by atoms with E-state index < -0.39 is 28.2 Å². The summed E-state index contributed by atoms with van der Waals surface area (Å²) in [4.78, 5) is 12.0. The maximum absolute atomic E-state index is 10.2. The van der Waals surface area contributed by atoms with Crippen molar-refractivity contribution < 1.29 is 19.9 Å². The van der Waals surface area contributed by atoms with Crippen molar-refractivity contribution in [1.82, 2.24) is 0 Å². The summed E-state index contributed by atoms with van der Waals surface area (Å²) in [6.07, 6.45) is 0.187. The van der Waals surface area contributed by atoms with Gasteiger partial charge in [0.05, 0.1) is 11.0 Å². The Balaban J connectivity index is 3.14. The zero-order valence-electron chi connectivity index (χ0n) is 6.28. The maximum Gasteiger partial charge on any atom is 0.365 e. The maximum atomic E-state index is 10.2. The molecule has 0 fully saturated rings. The van der Waals surface area contributed by atoms with Crippen LogP contribution in [0, 0.1) is 10.1 Å². The zero-order chi connectivity index (χ0) is 10.0. The largest absolute Gasteiger partial charge is 0.501 e. The lowest BCUT2D eigenvalue weighted by molar-refractivity contribution is -0.419. The predicted molar refractivity (Wildman–Crippen MR) is 40.4 cm³/mol. The summed E-state index contributed by atoms with van der Waals surface area (Å²) in [6.45, 7) is 0. The van der Waals surface area contributed by atoms with Crippen LogP contribution in [0.5, 0.6) is 0 Å². The van der Waals surface area contributed by atoms with E-state index in [0.29, 0.717) is 0 Å². The van der Waals surface area contributed by atoms with E-state index in [1.165, 1.54) is 0 Å². The van der Waals surface area contributed by atoms with E-state index in [-0.39, 0.29) is 0 Å². The third-order valence-electron chi connectivity index (χ3n) is 1.47. The van der Waals surface area contributed by atoms with Crippen molar-refractivity contribution in [2.45, 2.75) is 6.10 Å². The first kappa shape index (κ1) is 9.11. The third-order valence-corrected chi connectivity index (χ3v) is 1.47. The number of nitro groups is 1. The molecule has 1 atom stereocenters. The minimum absolute atomic E-state index is 0.411. The molecule has 13 heavy (non-hydrogen) atoms. The van der Waals surface area contributed by atoms with Gasteiger partial charge in [-0.3, -0.25) is 10.1 Å². The molecule has 0 aliphatic heterocycles. The number of aliphatic hydroxyl groups excluding tert-OH is 2. The van der Waals surface area contributed by atoms with Crippen LogP contribution in [0.3, 0.4) is 0 Å². The van der Waals surface area contributed by atoms with Crippen molar-refractivity contribution in [1.29, 1.82) is 0 Å². The van der Waals surface area contributed by atoms with Gasteiger partial charge < -0.3 is 15.7 Å². The highest BCUT2D eigenvalue weighted by Crippen LogP contribution is 2.12. The molecule has 1 aliphatic rings. The first-order valence-electron chi connectivity index (χ1n) is 3.23. The molecule has 0 saturated heterocycles.